The van der Waals surface area contributed by atoms with Gasteiger partial charge in [0.25, 0.3) is 0 Å². The fourth-order valence-electron chi connectivity index (χ4n) is 5.92. The molecule has 0 aliphatic rings. The Bertz CT molecular complexity index is 1310. The number of allylic oxidation sites excluding steroid dienone is 10. The number of hydrogen-bond acceptors (Lipinski definition) is 10. The van der Waals surface area contributed by atoms with Crippen molar-refractivity contribution in [3.63, 3.8) is 0 Å². The number of carbonyl (C=O) groups is 2. The molecule has 15 heteroatoms. The first-order chi connectivity index (χ1) is 29.4. The molecule has 0 radical (unpaired) electrons. The second kappa shape index (κ2) is 41.8. The van der Waals surface area contributed by atoms with Gasteiger partial charge in [-0.25, -0.2) is 9.13 Å². The predicted octanol–water partition coefficient (Wildman–Crippen LogP) is 12.0. The van der Waals surface area contributed by atoms with E-state index in [1.165, 1.54) is 89.9 Å². The van der Waals surface area contributed by atoms with E-state index in [0.29, 0.717) is 19.3 Å². The van der Waals surface area contributed by atoms with Crippen molar-refractivity contribution in [1.82, 2.24) is 0 Å². The fourth-order valence-corrected chi connectivity index (χ4v) is 7.07. The third-order valence-electron chi connectivity index (χ3n) is 9.41. The van der Waals surface area contributed by atoms with Crippen LogP contribution in [0.2, 0.25) is 0 Å². The molecular formula is C46H82O13P2. The molecule has 3 unspecified atom stereocenters. The van der Waals surface area contributed by atoms with Gasteiger partial charge in [-0.3, -0.25) is 23.2 Å². The van der Waals surface area contributed by atoms with E-state index in [2.05, 4.69) is 65.4 Å². The van der Waals surface area contributed by atoms with Gasteiger partial charge in [0.05, 0.1) is 19.8 Å². The van der Waals surface area contributed by atoms with Crippen molar-refractivity contribution in [3.05, 3.63) is 60.8 Å². The number of carbonyl (C=O) groups excluding carboxylic acids is 2. The molecule has 0 saturated carbocycles. The molecule has 0 aliphatic heterocycles. The average molecular weight is 905 g/mol. The lowest BCUT2D eigenvalue weighted by Gasteiger charge is -2.20. The van der Waals surface area contributed by atoms with Crippen LogP contribution in [0.1, 0.15) is 181 Å². The van der Waals surface area contributed by atoms with Gasteiger partial charge in [0.1, 0.15) is 12.7 Å². The Kier molecular flexibility index (Phi) is 40.3. The second-order valence-corrected chi connectivity index (χ2v) is 18.0. The largest absolute Gasteiger partial charge is 0.472 e. The van der Waals surface area contributed by atoms with E-state index in [0.717, 1.165) is 44.9 Å². The maximum Gasteiger partial charge on any atom is 0.472 e. The van der Waals surface area contributed by atoms with Crippen LogP contribution in [-0.2, 0) is 41.8 Å². The molecule has 0 aromatic rings. The lowest BCUT2D eigenvalue weighted by atomic mass is 10.0. The van der Waals surface area contributed by atoms with E-state index in [1.807, 2.05) is 18.2 Å². The minimum absolute atomic E-state index is 0.00768. The molecule has 0 aromatic heterocycles. The van der Waals surface area contributed by atoms with Crippen molar-refractivity contribution in [2.45, 2.75) is 193 Å². The summed E-state index contributed by atoms with van der Waals surface area (Å²) in [7, 11) is -9.70. The Hall–Kier alpha value is -2.18. The zero-order chi connectivity index (χ0) is 45.1. The summed E-state index contributed by atoms with van der Waals surface area (Å²) >= 11 is 0. The molecule has 354 valence electrons. The molecule has 0 rings (SSSR count). The minimum atomic E-state index is -4.87. The standard InChI is InChI=1S/C46H82O13P2/c1-3-5-7-9-11-13-15-17-19-20-21-22-24-26-28-30-32-34-36-38-46(49)59-44(42-58-61(53,54)57-40-43(47)39-56-60(50,51)52)41-55-45(48)37-35-33-31-29-27-25-23-18-16-14-12-10-8-6-4-2/h11,13,17,19,21-22,26,28,32,34,43-44,47H,3-10,12,14-16,18,20,23-25,27,29-31,33,35-42H2,1-2H3,(H,53,54)(H2,50,51,52). The van der Waals surface area contributed by atoms with Gasteiger partial charge >= 0.3 is 27.6 Å². The average Bonchev–Trinajstić information content (AvgIpc) is 3.22. The van der Waals surface area contributed by atoms with Crippen LogP contribution in [0.15, 0.2) is 60.8 Å². The summed E-state index contributed by atoms with van der Waals surface area (Å²) in [6.07, 6.45) is 45.1. The van der Waals surface area contributed by atoms with Crippen molar-refractivity contribution < 1.29 is 61.6 Å². The summed E-state index contributed by atoms with van der Waals surface area (Å²) < 4.78 is 47.7. The third-order valence-corrected chi connectivity index (χ3v) is 10.8. The van der Waals surface area contributed by atoms with Crippen LogP contribution >= 0.6 is 15.6 Å². The number of phosphoric acid groups is 2. The van der Waals surface area contributed by atoms with Gasteiger partial charge in [-0.1, -0.05) is 177 Å². The van der Waals surface area contributed by atoms with Crippen LogP contribution < -0.4 is 0 Å². The van der Waals surface area contributed by atoms with E-state index in [-0.39, 0.29) is 12.8 Å². The summed E-state index contributed by atoms with van der Waals surface area (Å²) in [6, 6.07) is 0. The summed E-state index contributed by atoms with van der Waals surface area (Å²) in [5, 5.41) is 9.75. The van der Waals surface area contributed by atoms with Gasteiger partial charge in [0.15, 0.2) is 6.10 Å². The minimum Gasteiger partial charge on any atom is -0.462 e. The highest BCUT2D eigenvalue weighted by Crippen LogP contribution is 2.43. The van der Waals surface area contributed by atoms with E-state index >= 15 is 0 Å². The maximum atomic E-state index is 12.6. The molecule has 0 spiro atoms. The normalized spacial score (nSPS) is 14.5. The Morgan fingerprint density at radius 3 is 1.38 bits per heavy atom. The highest BCUT2D eigenvalue weighted by molar-refractivity contribution is 7.47. The van der Waals surface area contributed by atoms with E-state index < -0.39 is 66.2 Å². The van der Waals surface area contributed by atoms with E-state index in [4.69, 9.17) is 23.8 Å². The zero-order valence-electron chi connectivity index (χ0n) is 37.5. The molecule has 0 aliphatic carbocycles. The van der Waals surface area contributed by atoms with E-state index in [1.54, 1.807) is 0 Å². The lowest BCUT2D eigenvalue weighted by Crippen LogP contribution is -2.29. The zero-order valence-corrected chi connectivity index (χ0v) is 39.3. The van der Waals surface area contributed by atoms with Crippen LogP contribution in [-0.4, -0.2) is 70.4 Å². The van der Waals surface area contributed by atoms with E-state index in [9.17, 15) is 28.7 Å². The molecular weight excluding hydrogens is 822 g/mol. The SMILES string of the molecule is CCCCCC=CCC=CCC=CCC=CCC=CCCC(=O)OC(COC(=O)CCCCCCCCCCCCCCCCC)COP(=O)(O)OCC(O)COP(=O)(O)O. The number of aliphatic hydroxyl groups is 1. The Balaban J connectivity index is 4.61. The van der Waals surface area contributed by atoms with Gasteiger partial charge in [0.2, 0.25) is 0 Å². The number of esters is 2. The topological polar surface area (TPSA) is 195 Å². The van der Waals surface area contributed by atoms with Crippen LogP contribution in [0.5, 0.6) is 0 Å². The Labute approximate surface area is 368 Å². The second-order valence-electron chi connectivity index (χ2n) is 15.3. The van der Waals surface area contributed by atoms with Gasteiger partial charge in [-0.05, 0) is 51.4 Å². The Morgan fingerprint density at radius 2 is 0.885 bits per heavy atom. The molecule has 0 heterocycles. The third kappa shape index (κ3) is 45.7. The molecule has 0 amide bonds. The maximum absolute atomic E-state index is 12.6. The first kappa shape index (κ1) is 58.8. The molecule has 4 N–H and O–H groups in total. The van der Waals surface area contributed by atoms with Gasteiger partial charge in [-0.2, -0.15) is 0 Å². The quantitative estimate of drug-likeness (QED) is 0.0195. The fraction of sp³-hybridized carbons (Fsp3) is 0.739. The van der Waals surface area contributed by atoms with Crippen molar-refractivity contribution in [2.24, 2.45) is 0 Å². The smallest absolute Gasteiger partial charge is 0.462 e. The molecule has 3 atom stereocenters. The summed E-state index contributed by atoms with van der Waals surface area (Å²) in [5.41, 5.74) is 0. The summed E-state index contributed by atoms with van der Waals surface area (Å²) in [4.78, 5) is 52.7. The number of aliphatic hydroxyl groups excluding tert-OH is 1. The number of ether oxygens (including phenoxy) is 2. The first-order valence-corrected chi connectivity index (χ1v) is 26.0. The van der Waals surface area contributed by atoms with Crippen molar-refractivity contribution in [3.8, 4) is 0 Å². The lowest BCUT2D eigenvalue weighted by molar-refractivity contribution is -0.161. The summed E-state index contributed by atoms with van der Waals surface area (Å²) in [6.45, 7) is 1.66. The number of rotatable bonds is 43. The number of phosphoric ester groups is 2. The molecule has 61 heavy (non-hydrogen) atoms. The van der Waals surface area contributed by atoms with Gasteiger partial charge in [-0.15, -0.1) is 0 Å². The summed E-state index contributed by atoms with van der Waals surface area (Å²) in [5.74, 6) is -1.12. The van der Waals surface area contributed by atoms with Gasteiger partial charge < -0.3 is 29.3 Å². The van der Waals surface area contributed by atoms with Crippen LogP contribution in [0.3, 0.4) is 0 Å². The number of unbranched alkanes of at least 4 members (excludes halogenated alkanes) is 17. The molecule has 0 bridgehead atoms. The van der Waals surface area contributed by atoms with Crippen LogP contribution in [0.25, 0.3) is 0 Å². The molecule has 0 fully saturated rings. The monoisotopic (exact) mass is 905 g/mol. The van der Waals surface area contributed by atoms with Crippen molar-refractivity contribution >= 4 is 27.6 Å². The van der Waals surface area contributed by atoms with Gasteiger partial charge in [0, 0.05) is 12.8 Å². The highest BCUT2D eigenvalue weighted by Gasteiger charge is 2.28. The molecule has 0 aromatic carbocycles. The molecule has 13 nitrogen and oxygen atoms in total. The predicted molar refractivity (Wildman–Crippen MR) is 244 cm³/mol. The highest BCUT2D eigenvalue weighted by atomic mass is 31.2. The van der Waals surface area contributed by atoms with Crippen molar-refractivity contribution in [2.75, 3.05) is 26.4 Å². The van der Waals surface area contributed by atoms with Crippen LogP contribution in [0, 0.1) is 0 Å². The Morgan fingerprint density at radius 1 is 0.475 bits per heavy atom. The first-order valence-electron chi connectivity index (χ1n) is 23.0. The van der Waals surface area contributed by atoms with Crippen molar-refractivity contribution in [1.29, 1.82) is 0 Å². The number of hydrogen-bond donors (Lipinski definition) is 4. The van der Waals surface area contributed by atoms with Crippen LogP contribution in [0.4, 0.5) is 0 Å². The molecule has 0 saturated heterocycles.